The van der Waals surface area contributed by atoms with Gasteiger partial charge in [-0.15, -0.1) is 0 Å². The van der Waals surface area contributed by atoms with E-state index in [-0.39, 0.29) is 19.3 Å². The van der Waals surface area contributed by atoms with Crippen LogP contribution in [0.5, 0.6) is 0 Å². The summed E-state index contributed by atoms with van der Waals surface area (Å²) in [6.45, 7) is 0. The van der Waals surface area contributed by atoms with Crippen LogP contribution in [0.25, 0.3) is 0 Å². The number of nitrogens with zero attached hydrogens (tertiary/aromatic N) is 2. The number of hydrogen-bond acceptors (Lipinski definition) is 7. The molecule has 0 radical (unpaired) electrons. The van der Waals surface area contributed by atoms with Crippen LogP contribution in [0.15, 0.2) is 10.3 Å². The van der Waals surface area contributed by atoms with E-state index in [1.54, 1.807) is 0 Å². The average molecular weight is 320 g/mol. The molecule has 12 heteroatoms. The summed E-state index contributed by atoms with van der Waals surface area (Å²) in [5.74, 6) is -5.07. The van der Waals surface area contributed by atoms with Gasteiger partial charge in [0.15, 0.2) is 6.04 Å². The van der Waals surface area contributed by atoms with Gasteiger partial charge >= 0.3 is 23.9 Å². The van der Waals surface area contributed by atoms with E-state index in [1.807, 2.05) is 5.53 Å². The zero-order chi connectivity index (χ0) is 17.1. The van der Waals surface area contributed by atoms with Gasteiger partial charge in [-0.3, -0.25) is 14.4 Å². The maximum Gasteiger partial charge on any atom is 0.330 e. The predicted octanol–water partition coefficient (Wildman–Crippen LogP) is -0.916. The lowest BCUT2D eigenvalue weighted by Gasteiger charge is -2.12. The van der Waals surface area contributed by atoms with Gasteiger partial charge in [-0.25, -0.2) is 15.8 Å². The van der Waals surface area contributed by atoms with Crippen molar-refractivity contribution in [3.63, 3.8) is 0 Å². The lowest BCUT2D eigenvalue weighted by Crippen LogP contribution is -2.43. The highest BCUT2D eigenvalue weighted by molar-refractivity contribution is 5.75. The van der Waals surface area contributed by atoms with Gasteiger partial charge in [-0.05, 0) is 12.8 Å². The quantitative estimate of drug-likeness (QED) is 0.193. The van der Waals surface area contributed by atoms with Gasteiger partial charge in [-0.1, -0.05) is 5.22 Å². The lowest BCUT2D eigenvalue weighted by molar-refractivity contribution is -0.142. The molecule has 22 heavy (non-hydrogen) atoms. The van der Waals surface area contributed by atoms with E-state index in [4.69, 9.17) is 20.4 Å². The van der Waals surface area contributed by atoms with Crippen LogP contribution in [0.2, 0.25) is 0 Å². The molecule has 0 aromatic rings. The summed E-state index contributed by atoms with van der Waals surface area (Å²) in [5, 5.41) is 41.0. The molecule has 0 heterocycles. The van der Waals surface area contributed by atoms with Gasteiger partial charge in [0.05, 0.1) is 0 Å². The van der Waals surface area contributed by atoms with Crippen LogP contribution in [-0.4, -0.2) is 56.4 Å². The number of carbonyl (C=O) groups is 4. The van der Waals surface area contributed by atoms with Gasteiger partial charge < -0.3 is 20.4 Å². The molecule has 0 aromatic heterocycles. The molecule has 0 saturated heterocycles. The normalized spacial score (nSPS) is 13.5. The SMILES string of the molecule is O=C(O)CC[C@H](N=NNN[C@@H](CCC(=O)O)C(=O)O)C(=O)O. The molecule has 0 aliphatic rings. The van der Waals surface area contributed by atoms with E-state index >= 15 is 0 Å². The van der Waals surface area contributed by atoms with Gasteiger partial charge in [-0.2, -0.15) is 5.11 Å². The molecule has 0 unspecified atom stereocenters. The molecule has 124 valence electrons. The number of carboxylic acids is 4. The molecule has 2 atom stereocenters. The van der Waals surface area contributed by atoms with Gasteiger partial charge in [0.2, 0.25) is 0 Å². The minimum Gasteiger partial charge on any atom is -0.481 e. The highest BCUT2D eigenvalue weighted by atomic mass is 16.4. The van der Waals surface area contributed by atoms with Crippen molar-refractivity contribution in [2.45, 2.75) is 37.8 Å². The van der Waals surface area contributed by atoms with Crippen molar-refractivity contribution in [2.75, 3.05) is 0 Å². The molecular formula is C10H16N4O8. The van der Waals surface area contributed by atoms with Crippen molar-refractivity contribution in [1.82, 2.24) is 11.0 Å². The predicted molar refractivity (Wildman–Crippen MR) is 67.7 cm³/mol. The minimum absolute atomic E-state index is 0.228. The van der Waals surface area contributed by atoms with Gasteiger partial charge in [0.1, 0.15) is 6.04 Å². The van der Waals surface area contributed by atoms with Crippen molar-refractivity contribution in [3.05, 3.63) is 0 Å². The number of carboxylic acid groups (broad SMARTS) is 4. The van der Waals surface area contributed by atoms with Crippen LogP contribution in [0.3, 0.4) is 0 Å². The lowest BCUT2D eigenvalue weighted by atomic mass is 10.2. The average Bonchev–Trinajstić information content (AvgIpc) is 2.39. The molecule has 0 aliphatic heterocycles. The Bertz CT molecular complexity index is 452. The Morgan fingerprint density at radius 2 is 1.41 bits per heavy atom. The summed E-state index contributed by atoms with van der Waals surface area (Å²) in [5.41, 5.74) is 4.14. The molecular weight excluding hydrogens is 304 g/mol. The van der Waals surface area contributed by atoms with E-state index in [0.717, 1.165) is 0 Å². The van der Waals surface area contributed by atoms with E-state index in [1.165, 1.54) is 0 Å². The second kappa shape index (κ2) is 10.0. The Morgan fingerprint density at radius 3 is 1.86 bits per heavy atom. The highest BCUT2D eigenvalue weighted by Crippen LogP contribution is 2.03. The number of rotatable bonds is 12. The van der Waals surface area contributed by atoms with Crippen LogP contribution in [0, 0.1) is 0 Å². The van der Waals surface area contributed by atoms with E-state index < -0.39 is 42.4 Å². The molecule has 0 aliphatic carbocycles. The number of aliphatic carboxylic acids is 4. The van der Waals surface area contributed by atoms with E-state index in [2.05, 4.69) is 15.8 Å². The summed E-state index contributed by atoms with van der Waals surface area (Å²) in [7, 11) is 0. The van der Waals surface area contributed by atoms with Crippen LogP contribution >= 0.6 is 0 Å². The van der Waals surface area contributed by atoms with Crippen molar-refractivity contribution in [1.29, 1.82) is 0 Å². The first-order valence-electron chi connectivity index (χ1n) is 6.03. The third-order valence-corrected chi connectivity index (χ3v) is 2.35. The summed E-state index contributed by atoms with van der Waals surface area (Å²) in [6, 6.07) is -2.66. The molecule has 0 rings (SSSR count). The fourth-order valence-corrected chi connectivity index (χ4v) is 1.22. The second-order valence-corrected chi connectivity index (χ2v) is 4.08. The summed E-state index contributed by atoms with van der Waals surface area (Å²) in [6.07, 6.45) is -1.31. The van der Waals surface area contributed by atoms with Crippen molar-refractivity contribution in [3.8, 4) is 0 Å². The Balaban J connectivity index is 4.35. The first-order chi connectivity index (χ1) is 10.2. The standard InChI is InChI=1S/C10H16N4O8/c15-7(16)3-1-5(9(19)20)11-13-14-12-6(10(21)22)2-4-8(17)18/h5-6H,1-4H2,(H,11,14)(H,12,13)(H,15,16)(H,17,18)(H,19,20)(H,21,22)/t5-,6-/m0/s1. The monoisotopic (exact) mass is 320 g/mol. The number of hydrogen-bond donors (Lipinski definition) is 6. The first kappa shape index (κ1) is 19.2. The van der Waals surface area contributed by atoms with Crippen LogP contribution in [0.4, 0.5) is 0 Å². The van der Waals surface area contributed by atoms with Crippen LogP contribution < -0.4 is 11.0 Å². The Labute approximate surface area is 123 Å². The summed E-state index contributed by atoms with van der Waals surface area (Å²) < 4.78 is 0. The third-order valence-electron chi connectivity index (χ3n) is 2.35. The Kier molecular flexibility index (Phi) is 8.78. The van der Waals surface area contributed by atoms with Crippen LogP contribution in [0.1, 0.15) is 25.7 Å². The summed E-state index contributed by atoms with van der Waals surface area (Å²) in [4.78, 5) is 42.3. The van der Waals surface area contributed by atoms with E-state index in [0.29, 0.717) is 0 Å². The summed E-state index contributed by atoms with van der Waals surface area (Å²) >= 11 is 0. The number of hydrazine groups is 1. The molecule has 0 bridgehead atoms. The molecule has 0 saturated carbocycles. The fourth-order valence-electron chi connectivity index (χ4n) is 1.22. The topological polar surface area (TPSA) is 198 Å². The molecule has 12 nitrogen and oxygen atoms in total. The maximum absolute atomic E-state index is 10.8. The van der Waals surface area contributed by atoms with Crippen LogP contribution in [-0.2, 0) is 19.2 Å². The zero-order valence-electron chi connectivity index (χ0n) is 11.3. The molecule has 0 fully saturated rings. The third kappa shape index (κ3) is 9.19. The Morgan fingerprint density at radius 1 is 0.864 bits per heavy atom. The zero-order valence-corrected chi connectivity index (χ0v) is 11.3. The second-order valence-electron chi connectivity index (χ2n) is 4.08. The fraction of sp³-hybridized carbons (Fsp3) is 0.600. The first-order valence-corrected chi connectivity index (χ1v) is 6.03. The molecule has 0 amide bonds. The van der Waals surface area contributed by atoms with E-state index in [9.17, 15) is 19.2 Å². The van der Waals surface area contributed by atoms with Crippen molar-refractivity contribution >= 4 is 23.9 Å². The maximum atomic E-state index is 10.8. The smallest absolute Gasteiger partial charge is 0.330 e. The van der Waals surface area contributed by atoms with Gasteiger partial charge in [0, 0.05) is 12.8 Å². The minimum atomic E-state index is -1.40. The number of nitrogens with one attached hydrogen (secondary N) is 2. The molecule has 0 aromatic carbocycles. The Hall–Kier alpha value is -2.76. The largest absolute Gasteiger partial charge is 0.481 e. The van der Waals surface area contributed by atoms with Crippen molar-refractivity contribution < 1.29 is 39.6 Å². The van der Waals surface area contributed by atoms with Crippen molar-refractivity contribution in [2.24, 2.45) is 10.3 Å². The molecule has 0 spiro atoms. The van der Waals surface area contributed by atoms with Gasteiger partial charge in [0.25, 0.3) is 0 Å². The highest BCUT2D eigenvalue weighted by Gasteiger charge is 2.19. The molecule has 6 N–H and O–H groups in total.